The average Bonchev–Trinajstić information content (AvgIpc) is 1.69. The van der Waals surface area contributed by atoms with Crippen molar-refractivity contribution in [2.45, 2.75) is 0 Å². The van der Waals surface area contributed by atoms with Crippen LogP contribution in [0, 0.1) is 5.92 Å². The molecular weight excluding hydrogens is 110 g/mol. The van der Waals surface area contributed by atoms with Crippen LogP contribution in [0.3, 0.4) is 0 Å². The van der Waals surface area contributed by atoms with E-state index < -0.39 is 11.9 Å². The van der Waals surface area contributed by atoms with E-state index in [4.69, 9.17) is 10.8 Å². The van der Waals surface area contributed by atoms with Gasteiger partial charge in [-0.15, -0.1) is 0 Å². The van der Waals surface area contributed by atoms with Crippen molar-refractivity contribution in [3.63, 3.8) is 0 Å². The number of rotatable bonds is 3. The molecule has 4 heteroatoms. The van der Waals surface area contributed by atoms with Gasteiger partial charge in [-0.25, -0.2) is 0 Å². The molecule has 1 atom stereocenters. The first-order valence-corrected chi connectivity index (χ1v) is 2.10. The minimum atomic E-state index is -1.16. The summed E-state index contributed by atoms with van der Waals surface area (Å²) in [5, 5.41) is 8.06. The summed E-state index contributed by atoms with van der Waals surface area (Å²) in [4.78, 5) is 19.6. The van der Waals surface area contributed by atoms with Crippen LogP contribution in [-0.4, -0.2) is 23.9 Å². The predicted octanol–water partition coefficient (Wildman–Crippen LogP) is -1.16. The highest BCUT2D eigenvalue weighted by molar-refractivity contribution is 5.86. The highest BCUT2D eigenvalue weighted by Gasteiger charge is 2.12. The Hall–Kier alpha value is -0.900. The largest absolute Gasteiger partial charge is 0.481 e. The molecule has 1 unspecified atom stereocenters. The van der Waals surface area contributed by atoms with E-state index in [-0.39, 0.29) is 6.54 Å². The van der Waals surface area contributed by atoms with Crippen LogP contribution in [0.1, 0.15) is 0 Å². The molecular formula is C4H7NO3. The number of carboxylic acid groups (broad SMARTS) is 1. The number of hydrogen-bond acceptors (Lipinski definition) is 3. The molecule has 0 aromatic carbocycles. The lowest BCUT2D eigenvalue weighted by Crippen LogP contribution is -2.24. The van der Waals surface area contributed by atoms with Crippen molar-refractivity contribution in [1.82, 2.24) is 0 Å². The Balaban J connectivity index is 3.69. The third-order valence-corrected chi connectivity index (χ3v) is 0.735. The van der Waals surface area contributed by atoms with E-state index in [2.05, 4.69) is 0 Å². The summed E-state index contributed by atoms with van der Waals surface area (Å²) in [6.07, 6.45) is 0.322. The smallest absolute Gasteiger partial charge is 0.315 e. The van der Waals surface area contributed by atoms with Crippen LogP contribution in [0.25, 0.3) is 0 Å². The van der Waals surface area contributed by atoms with Crippen LogP contribution in [0.5, 0.6) is 0 Å². The monoisotopic (exact) mass is 117 g/mol. The second-order valence-electron chi connectivity index (χ2n) is 1.32. The second kappa shape index (κ2) is 3.15. The lowest BCUT2D eigenvalue weighted by Gasteiger charge is -1.95. The van der Waals surface area contributed by atoms with E-state index in [9.17, 15) is 9.59 Å². The first-order valence-electron chi connectivity index (χ1n) is 2.10. The number of hydrogen-bond donors (Lipinski definition) is 2. The SMILES string of the molecule is NCC(C=O)C(=O)O. The first-order chi connectivity index (χ1) is 3.72. The van der Waals surface area contributed by atoms with E-state index in [0.29, 0.717) is 6.29 Å². The summed E-state index contributed by atoms with van der Waals surface area (Å²) in [5.74, 6) is -2.20. The summed E-state index contributed by atoms with van der Waals surface area (Å²) >= 11 is 0. The number of nitrogens with two attached hydrogens (primary N) is 1. The maximum absolute atomic E-state index is 9.85. The number of carboxylic acids is 1. The zero-order valence-corrected chi connectivity index (χ0v) is 4.20. The van der Waals surface area contributed by atoms with E-state index in [0.717, 1.165) is 0 Å². The Morgan fingerprint density at radius 3 is 2.38 bits per heavy atom. The number of aliphatic carboxylic acids is 1. The van der Waals surface area contributed by atoms with Crippen LogP contribution in [0.15, 0.2) is 0 Å². The van der Waals surface area contributed by atoms with Crippen molar-refractivity contribution in [3.8, 4) is 0 Å². The van der Waals surface area contributed by atoms with Gasteiger partial charge in [0, 0.05) is 6.54 Å². The highest BCUT2D eigenvalue weighted by Crippen LogP contribution is 1.84. The molecule has 0 heterocycles. The van der Waals surface area contributed by atoms with Crippen molar-refractivity contribution < 1.29 is 14.7 Å². The average molecular weight is 117 g/mol. The minimum absolute atomic E-state index is 0.126. The fourth-order valence-corrected chi connectivity index (χ4v) is 0.215. The first kappa shape index (κ1) is 7.10. The lowest BCUT2D eigenvalue weighted by molar-refractivity contribution is -0.143. The molecule has 46 valence electrons. The molecule has 0 amide bonds. The summed E-state index contributed by atoms with van der Waals surface area (Å²) < 4.78 is 0. The van der Waals surface area contributed by atoms with Gasteiger partial charge in [-0.05, 0) is 0 Å². The summed E-state index contributed by atoms with van der Waals surface area (Å²) in [7, 11) is 0. The van der Waals surface area contributed by atoms with Gasteiger partial charge in [0.15, 0.2) is 0 Å². The number of carbonyl (C=O) groups is 2. The molecule has 0 aliphatic heterocycles. The molecule has 0 aliphatic rings. The van der Waals surface area contributed by atoms with Gasteiger partial charge >= 0.3 is 5.97 Å². The standard InChI is InChI=1S/C4H7NO3/c5-1-3(2-6)4(7)8/h2-3H,1,5H2,(H,7,8). The molecule has 0 fully saturated rings. The third kappa shape index (κ3) is 1.70. The Bertz CT molecular complexity index is 101. The molecule has 0 saturated heterocycles. The molecule has 0 aromatic heterocycles. The van der Waals surface area contributed by atoms with Gasteiger partial charge in [0.25, 0.3) is 0 Å². The van der Waals surface area contributed by atoms with Gasteiger partial charge in [0.2, 0.25) is 0 Å². The lowest BCUT2D eigenvalue weighted by atomic mass is 10.2. The van der Waals surface area contributed by atoms with Crippen molar-refractivity contribution in [3.05, 3.63) is 0 Å². The van der Waals surface area contributed by atoms with Crippen molar-refractivity contribution >= 4 is 12.3 Å². The Labute approximate surface area is 46.3 Å². The van der Waals surface area contributed by atoms with Gasteiger partial charge in [0.1, 0.15) is 12.2 Å². The summed E-state index contributed by atoms with van der Waals surface area (Å²) in [6, 6.07) is 0. The van der Waals surface area contributed by atoms with Crippen LogP contribution >= 0.6 is 0 Å². The molecule has 0 spiro atoms. The van der Waals surface area contributed by atoms with Crippen molar-refractivity contribution in [2.75, 3.05) is 6.54 Å². The molecule has 0 radical (unpaired) electrons. The molecule has 0 bridgehead atoms. The third-order valence-electron chi connectivity index (χ3n) is 0.735. The van der Waals surface area contributed by atoms with E-state index in [1.165, 1.54) is 0 Å². The highest BCUT2D eigenvalue weighted by atomic mass is 16.4. The van der Waals surface area contributed by atoms with Crippen LogP contribution in [0.4, 0.5) is 0 Å². The van der Waals surface area contributed by atoms with Crippen molar-refractivity contribution in [1.29, 1.82) is 0 Å². The van der Waals surface area contributed by atoms with E-state index in [1.54, 1.807) is 0 Å². The fourth-order valence-electron chi connectivity index (χ4n) is 0.215. The topological polar surface area (TPSA) is 80.4 Å². The molecule has 4 nitrogen and oxygen atoms in total. The van der Waals surface area contributed by atoms with Gasteiger partial charge in [-0.1, -0.05) is 0 Å². The van der Waals surface area contributed by atoms with Gasteiger partial charge < -0.3 is 15.6 Å². The van der Waals surface area contributed by atoms with Gasteiger partial charge in [0.05, 0.1) is 0 Å². The van der Waals surface area contributed by atoms with E-state index >= 15 is 0 Å². The van der Waals surface area contributed by atoms with Crippen LogP contribution < -0.4 is 5.73 Å². The van der Waals surface area contributed by atoms with E-state index in [1.807, 2.05) is 0 Å². The zero-order valence-electron chi connectivity index (χ0n) is 4.20. The van der Waals surface area contributed by atoms with Crippen LogP contribution in [-0.2, 0) is 9.59 Å². The van der Waals surface area contributed by atoms with Crippen LogP contribution in [0.2, 0.25) is 0 Å². The molecule has 0 aromatic rings. The summed E-state index contributed by atoms with van der Waals surface area (Å²) in [6.45, 7) is -0.126. The fraction of sp³-hybridized carbons (Fsp3) is 0.500. The Morgan fingerprint density at radius 2 is 2.38 bits per heavy atom. The van der Waals surface area contributed by atoms with Gasteiger partial charge in [-0.2, -0.15) is 0 Å². The Morgan fingerprint density at radius 1 is 1.88 bits per heavy atom. The maximum Gasteiger partial charge on any atom is 0.315 e. The molecule has 0 rings (SSSR count). The molecule has 8 heavy (non-hydrogen) atoms. The predicted molar refractivity (Wildman–Crippen MR) is 26.2 cm³/mol. The maximum atomic E-state index is 9.85. The zero-order chi connectivity index (χ0) is 6.57. The summed E-state index contributed by atoms with van der Waals surface area (Å²) in [5.41, 5.74) is 4.87. The van der Waals surface area contributed by atoms with Crippen molar-refractivity contribution in [2.24, 2.45) is 11.7 Å². The molecule has 0 aliphatic carbocycles. The second-order valence-corrected chi connectivity index (χ2v) is 1.32. The minimum Gasteiger partial charge on any atom is -0.481 e. The quantitative estimate of drug-likeness (QED) is 0.361. The normalized spacial score (nSPS) is 12.6. The number of carbonyl (C=O) groups excluding carboxylic acids is 1. The Kier molecular flexibility index (Phi) is 2.79. The number of aldehydes is 1. The molecule has 3 N–H and O–H groups in total. The van der Waals surface area contributed by atoms with Gasteiger partial charge in [-0.3, -0.25) is 4.79 Å². The molecule has 0 saturated carbocycles.